The molecule has 0 bridgehead atoms. The van der Waals surface area contributed by atoms with E-state index in [9.17, 15) is 4.79 Å². The molecule has 84 valence electrons. The zero-order valence-electron chi connectivity index (χ0n) is 8.49. The number of hydrogen-bond donors (Lipinski definition) is 3. The van der Waals surface area contributed by atoms with Gasteiger partial charge in [0.05, 0.1) is 18.6 Å². The molecule has 3 N–H and O–H groups in total. The number of aromatic amines is 2. The zero-order chi connectivity index (χ0) is 11.5. The van der Waals surface area contributed by atoms with Crippen LogP contribution >= 0.6 is 22.6 Å². The van der Waals surface area contributed by atoms with Gasteiger partial charge in [-0.3, -0.25) is 9.89 Å². The molecule has 1 unspecified atom stereocenters. The quantitative estimate of drug-likeness (QED) is 0.740. The molecule has 0 aromatic carbocycles. The van der Waals surface area contributed by atoms with E-state index in [-0.39, 0.29) is 11.6 Å². The van der Waals surface area contributed by atoms with Gasteiger partial charge in [0.25, 0.3) is 5.56 Å². The fourth-order valence-corrected chi connectivity index (χ4v) is 1.72. The average molecular weight is 331 g/mol. The predicted molar refractivity (Wildman–Crippen MR) is 68.2 cm³/mol. The first kappa shape index (κ1) is 11.1. The molecule has 0 aliphatic carbocycles. The minimum atomic E-state index is -0.141. The Balaban J connectivity index is 2.21. The topological polar surface area (TPSA) is 86.5 Å². The molecule has 0 saturated heterocycles. The van der Waals surface area contributed by atoms with Gasteiger partial charge in [0.2, 0.25) is 0 Å². The molecule has 0 amide bonds. The summed E-state index contributed by atoms with van der Waals surface area (Å²) in [6.45, 7) is 1.98. The Morgan fingerprint density at radius 1 is 1.56 bits per heavy atom. The van der Waals surface area contributed by atoms with Gasteiger partial charge in [0.15, 0.2) is 0 Å². The largest absolute Gasteiger partial charge is 0.362 e. The zero-order valence-corrected chi connectivity index (χ0v) is 10.6. The van der Waals surface area contributed by atoms with E-state index in [4.69, 9.17) is 0 Å². The summed E-state index contributed by atoms with van der Waals surface area (Å²) in [5, 5.41) is 9.77. The van der Waals surface area contributed by atoms with Crippen LogP contribution in [0.15, 0.2) is 23.5 Å². The van der Waals surface area contributed by atoms with Crippen molar-refractivity contribution < 1.29 is 0 Å². The fraction of sp³-hybridized carbons (Fsp3) is 0.222. The Hall–Kier alpha value is -1.38. The fourth-order valence-electron chi connectivity index (χ4n) is 1.27. The maximum absolute atomic E-state index is 11.3. The smallest absolute Gasteiger partial charge is 0.266 e. The van der Waals surface area contributed by atoms with Crippen LogP contribution in [-0.2, 0) is 0 Å². The number of anilines is 1. The number of halogens is 1. The van der Waals surface area contributed by atoms with Crippen molar-refractivity contribution in [2.75, 3.05) is 5.32 Å². The van der Waals surface area contributed by atoms with Crippen LogP contribution in [0.5, 0.6) is 0 Å². The second-order valence-corrected chi connectivity index (χ2v) is 4.37. The maximum Gasteiger partial charge on any atom is 0.266 e. The van der Waals surface area contributed by atoms with Crippen LogP contribution in [-0.4, -0.2) is 20.2 Å². The van der Waals surface area contributed by atoms with Crippen LogP contribution in [0.3, 0.4) is 0 Å². The Kier molecular flexibility index (Phi) is 3.22. The first-order valence-electron chi connectivity index (χ1n) is 4.67. The SMILES string of the molecule is CC(Nc1nc[nH]c(=O)c1I)c1cn[nH]c1. The summed E-state index contributed by atoms with van der Waals surface area (Å²) in [5.74, 6) is 0.582. The van der Waals surface area contributed by atoms with Crippen molar-refractivity contribution in [3.63, 3.8) is 0 Å². The lowest BCUT2D eigenvalue weighted by Crippen LogP contribution is -2.16. The molecule has 6 nitrogen and oxygen atoms in total. The van der Waals surface area contributed by atoms with Crippen LogP contribution in [0, 0.1) is 3.57 Å². The number of nitrogens with zero attached hydrogens (tertiary/aromatic N) is 2. The minimum Gasteiger partial charge on any atom is -0.362 e. The minimum absolute atomic E-state index is 0.0431. The third-order valence-electron chi connectivity index (χ3n) is 2.17. The highest BCUT2D eigenvalue weighted by Crippen LogP contribution is 2.18. The van der Waals surface area contributed by atoms with E-state index in [0.29, 0.717) is 9.39 Å². The van der Waals surface area contributed by atoms with Gasteiger partial charge in [-0.2, -0.15) is 5.10 Å². The van der Waals surface area contributed by atoms with E-state index in [1.54, 1.807) is 12.4 Å². The van der Waals surface area contributed by atoms with Crippen molar-refractivity contribution >= 4 is 28.4 Å². The molecule has 2 aromatic heterocycles. The first-order valence-corrected chi connectivity index (χ1v) is 5.74. The van der Waals surface area contributed by atoms with Gasteiger partial charge in [-0.15, -0.1) is 0 Å². The molecule has 16 heavy (non-hydrogen) atoms. The number of hydrogen-bond acceptors (Lipinski definition) is 4. The van der Waals surface area contributed by atoms with Crippen molar-refractivity contribution in [2.24, 2.45) is 0 Å². The molecule has 0 aliphatic rings. The monoisotopic (exact) mass is 331 g/mol. The van der Waals surface area contributed by atoms with Crippen LogP contribution in [0.1, 0.15) is 18.5 Å². The molecular formula is C9H10IN5O. The third-order valence-corrected chi connectivity index (χ3v) is 3.17. The molecular weight excluding hydrogens is 321 g/mol. The van der Waals surface area contributed by atoms with Gasteiger partial charge in [-0.25, -0.2) is 4.98 Å². The van der Waals surface area contributed by atoms with E-state index in [1.807, 2.05) is 29.5 Å². The second-order valence-electron chi connectivity index (χ2n) is 3.29. The molecule has 0 aliphatic heterocycles. The lowest BCUT2D eigenvalue weighted by Gasteiger charge is -2.12. The molecule has 0 radical (unpaired) electrons. The van der Waals surface area contributed by atoms with Crippen LogP contribution in [0.2, 0.25) is 0 Å². The van der Waals surface area contributed by atoms with Gasteiger partial charge in [-0.1, -0.05) is 0 Å². The molecule has 0 fully saturated rings. The highest BCUT2D eigenvalue weighted by atomic mass is 127. The summed E-state index contributed by atoms with van der Waals surface area (Å²) in [5.41, 5.74) is 0.871. The van der Waals surface area contributed by atoms with E-state index < -0.39 is 0 Å². The number of aromatic nitrogens is 4. The van der Waals surface area contributed by atoms with Gasteiger partial charge in [0.1, 0.15) is 9.39 Å². The lowest BCUT2D eigenvalue weighted by atomic mass is 10.2. The van der Waals surface area contributed by atoms with Crippen molar-refractivity contribution in [3.8, 4) is 0 Å². The van der Waals surface area contributed by atoms with Crippen LogP contribution < -0.4 is 10.9 Å². The number of nitrogens with one attached hydrogen (secondary N) is 3. The normalized spacial score (nSPS) is 12.4. The summed E-state index contributed by atoms with van der Waals surface area (Å²) in [7, 11) is 0. The van der Waals surface area contributed by atoms with E-state index in [1.165, 1.54) is 6.33 Å². The molecule has 2 heterocycles. The summed E-state index contributed by atoms with van der Waals surface area (Å²) >= 11 is 1.96. The van der Waals surface area contributed by atoms with Crippen LogP contribution in [0.4, 0.5) is 5.82 Å². The molecule has 1 atom stereocenters. The third kappa shape index (κ3) is 2.23. The van der Waals surface area contributed by atoms with Crippen molar-refractivity contribution in [1.29, 1.82) is 0 Å². The molecule has 0 spiro atoms. The molecule has 7 heteroatoms. The summed E-state index contributed by atoms with van der Waals surface area (Å²) < 4.78 is 0.551. The number of H-pyrrole nitrogens is 2. The number of rotatable bonds is 3. The molecule has 0 saturated carbocycles. The average Bonchev–Trinajstić information content (AvgIpc) is 2.78. The van der Waals surface area contributed by atoms with Gasteiger partial charge < -0.3 is 10.3 Å². The van der Waals surface area contributed by atoms with Crippen molar-refractivity contribution in [1.82, 2.24) is 20.2 Å². The maximum atomic E-state index is 11.3. The summed E-state index contributed by atoms with van der Waals surface area (Å²) in [6, 6.07) is 0.0431. The van der Waals surface area contributed by atoms with E-state index in [0.717, 1.165) is 5.56 Å². The Labute approximate surface area is 105 Å². The Morgan fingerprint density at radius 2 is 2.38 bits per heavy atom. The van der Waals surface area contributed by atoms with Crippen LogP contribution in [0.25, 0.3) is 0 Å². The standard InChI is InChI=1S/C9H10IN5O/c1-5(6-2-13-14-3-6)15-8-7(10)9(16)12-4-11-8/h2-5H,1H3,(H,13,14)(H2,11,12,15,16). The van der Waals surface area contributed by atoms with E-state index >= 15 is 0 Å². The van der Waals surface area contributed by atoms with Crippen molar-refractivity contribution in [2.45, 2.75) is 13.0 Å². The highest BCUT2D eigenvalue weighted by Gasteiger charge is 2.10. The Bertz CT molecular complexity index is 521. The first-order chi connectivity index (χ1) is 7.68. The highest BCUT2D eigenvalue weighted by molar-refractivity contribution is 14.1. The predicted octanol–water partition coefficient (Wildman–Crippen LogP) is 1.27. The molecule has 2 aromatic rings. The Morgan fingerprint density at radius 3 is 3.06 bits per heavy atom. The van der Waals surface area contributed by atoms with Gasteiger partial charge in [-0.05, 0) is 29.5 Å². The van der Waals surface area contributed by atoms with E-state index in [2.05, 4.69) is 25.5 Å². The summed E-state index contributed by atoms with van der Waals surface area (Å²) in [4.78, 5) is 17.9. The van der Waals surface area contributed by atoms with Crippen molar-refractivity contribution in [3.05, 3.63) is 38.2 Å². The second kappa shape index (κ2) is 4.64. The summed E-state index contributed by atoms with van der Waals surface area (Å²) in [6.07, 6.45) is 4.92. The van der Waals surface area contributed by atoms with Gasteiger partial charge >= 0.3 is 0 Å². The van der Waals surface area contributed by atoms with Gasteiger partial charge in [0, 0.05) is 11.8 Å². The lowest BCUT2D eigenvalue weighted by molar-refractivity contribution is 0.868. The molecule has 2 rings (SSSR count).